The summed E-state index contributed by atoms with van der Waals surface area (Å²) in [6.45, 7) is 0. The summed E-state index contributed by atoms with van der Waals surface area (Å²) in [5.74, 6) is 0.208. The smallest absolute Gasteiger partial charge is 0.343 e. The minimum Gasteiger partial charge on any atom is -0.425 e. The van der Waals surface area contributed by atoms with Crippen LogP contribution in [0, 0.1) is 0 Å². The number of para-hydroxylation sites is 1. The molecule has 2 aromatic rings. The van der Waals surface area contributed by atoms with Gasteiger partial charge in [-0.25, -0.2) is 4.79 Å². The molecule has 0 radical (unpaired) electrons. The van der Waals surface area contributed by atoms with Crippen LogP contribution in [0.4, 0.5) is 0 Å². The van der Waals surface area contributed by atoms with E-state index in [1.807, 2.05) is 48.5 Å². The third-order valence-electron chi connectivity index (χ3n) is 2.81. The Balaban J connectivity index is 1.63. The fraction of sp³-hybridized carbons (Fsp3) is 0.133. The fourth-order valence-electron chi connectivity index (χ4n) is 1.85. The molecule has 0 spiro atoms. The van der Waals surface area contributed by atoms with Crippen LogP contribution in [0.5, 0.6) is 5.75 Å². The van der Waals surface area contributed by atoms with Gasteiger partial charge < -0.3 is 9.47 Å². The van der Waals surface area contributed by atoms with Crippen molar-refractivity contribution in [3.8, 4) is 5.75 Å². The maximum Gasteiger partial charge on any atom is 0.343 e. The predicted molar refractivity (Wildman–Crippen MR) is 66.1 cm³/mol. The lowest BCUT2D eigenvalue weighted by Crippen LogP contribution is -2.15. The first-order valence-electron chi connectivity index (χ1n) is 5.82. The molecule has 0 N–H and O–H groups in total. The molecular formula is C15H12O3. The van der Waals surface area contributed by atoms with Gasteiger partial charge in [-0.2, -0.15) is 0 Å². The average molecular weight is 240 g/mol. The Morgan fingerprint density at radius 1 is 0.944 bits per heavy atom. The average Bonchev–Trinajstić information content (AvgIpc) is 3.21. The van der Waals surface area contributed by atoms with E-state index in [1.54, 1.807) is 12.1 Å². The van der Waals surface area contributed by atoms with Crippen molar-refractivity contribution in [1.29, 1.82) is 0 Å². The van der Waals surface area contributed by atoms with Gasteiger partial charge in [0, 0.05) is 0 Å². The molecular weight excluding hydrogens is 228 g/mol. The summed E-state index contributed by atoms with van der Waals surface area (Å²) in [6, 6.07) is 18.7. The van der Waals surface area contributed by atoms with Crippen molar-refractivity contribution < 1.29 is 14.3 Å². The lowest BCUT2D eigenvalue weighted by Gasteiger charge is -2.01. The molecule has 2 atom stereocenters. The molecule has 0 aliphatic carbocycles. The van der Waals surface area contributed by atoms with Crippen LogP contribution in [0.25, 0.3) is 0 Å². The van der Waals surface area contributed by atoms with Gasteiger partial charge >= 0.3 is 5.97 Å². The maximum absolute atomic E-state index is 11.8. The first-order chi connectivity index (χ1) is 8.84. The molecule has 3 heteroatoms. The lowest BCUT2D eigenvalue weighted by atomic mass is 10.1. The van der Waals surface area contributed by atoms with Crippen molar-refractivity contribution in [1.82, 2.24) is 0 Å². The Morgan fingerprint density at radius 2 is 1.56 bits per heavy atom. The minimum atomic E-state index is -0.479. The number of rotatable bonds is 3. The SMILES string of the molecule is O=C(Oc1ccccc1)[C@H]1O[C@@H]1c1ccccc1. The molecule has 1 aliphatic heterocycles. The molecule has 18 heavy (non-hydrogen) atoms. The standard InChI is InChI=1S/C15H12O3/c16-15(17-12-9-5-2-6-10-12)14-13(18-14)11-7-3-1-4-8-11/h1-10,13-14H/t13-,14+/m1/s1. The zero-order chi connectivity index (χ0) is 12.4. The summed E-state index contributed by atoms with van der Waals surface area (Å²) in [4.78, 5) is 11.8. The molecule has 0 bridgehead atoms. The van der Waals surface area contributed by atoms with Gasteiger partial charge in [-0.15, -0.1) is 0 Å². The summed E-state index contributed by atoms with van der Waals surface area (Å²) >= 11 is 0. The molecule has 1 saturated heterocycles. The molecule has 3 rings (SSSR count). The summed E-state index contributed by atoms with van der Waals surface area (Å²) in [6.07, 6.45) is -0.644. The number of ether oxygens (including phenoxy) is 2. The van der Waals surface area contributed by atoms with E-state index in [2.05, 4.69) is 0 Å². The van der Waals surface area contributed by atoms with Crippen LogP contribution in [0.2, 0.25) is 0 Å². The van der Waals surface area contributed by atoms with Crippen LogP contribution in [0.1, 0.15) is 11.7 Å². The molecule has 1 aliphatic rings. The first kappa shape index (κ1) is 11.0. The summed E-state index contributed by atoms with van der Waals surface area (Å²) in [7, 11) is 0. The third-order valence-corrected chi connectivity index (χ3v) is 2.81. The highest BCUT2D eigenvalue weighted by atomic mass is 16.6. The van der Waals surface area contributed by atoms with E-state index < -0.39 is 6.10 Å². The number of benzene rings is 2. The van der Waals surface area contributed by atoms with E-state index in [-0.39, 0.29) is 12.1 Å². The van der Waals surface area contributed by atoms with Crippen LogP contribution in [-0.2, 0) is 9.53 Å². The molecule has 90 valence electrons. The van der Waals surface area contributed by atoms with Crippen molar-refractivity contribution >= 4 is 5.97 Å². The lowest BCUT2D eigenvalue weighted by molar-refractivity contribution is -0.135. The van der Waals surface area contributed by atoms with Crippen molar-refractivity contribution in [2.45, 2.75) is 12.2 Å². The molecule has 0 amide bonds. The predicted octanol–water partition coefficient (Wildman–Crippen LogP) is 2.73. The van der Waals surface area contributed by atoms with E-state index in [4.69, 9.17) is 9.47 Å². The summed E-state index contributed by atoms with van der Waals surface area (Å²) < 4.78 is 10.6. The molecule has 0 aromatic heterocycles. The highest BCUT2D eigenvalue weighted by molar-refractivity contribution is 5.80. The largest absolute Gasteiger partial charge is 0.425 e. The summed E-state index contributed by atoms with van der Waals surface area (Å²) in [5, 5.41) is 0. The molecule has 1 heterocycles. The van der Waals surface area contributed by atoms with Crippen molar-refractivity contribution in [2.24, 2.45) is 0 Å². The third kappa shape index (κ3) is 2.26. The normalized spacial score (nSPS) is 21.3. The highest BCUT2D eigenvalue weighted by Crippen LogP contribution is 2.39. The van der Waals surface area contributed by atoms with Crippen LogP contribution < -0.4 is 4.74 Å². The zero-order valence-electron chi connectivity index (χ0n) is 9.65. The topological polar surface area (TPSA) is 38.8 Å². The van der Waals surface area contributed by atoms with E-state index in [1.165, 1.54) is 0 Å². The van der Waals surface area contributed by atoms with Gasteiger partial charge in [-0.1, -0.05) is 48.5 Å². The Hall–Kier alpha value is -2.13. The molecule has 1 fully saturated rings. The number of hydrogen-bond acceptors (Lipinski definition) is 3. The van der Waals surface area contributed by atoms with E-state index in [0.29, 0.717) is 5.75 Å². The second-order valence-electron chi connectivity index (χ2n) is 4.12. The molecule has 3 nitrogen and oxygen atoms in total. The second-order valence-corrected chi connectivity index (χ2v) is 4.12. The summed E-state index contributed by atoms with van der Waals surface area (Å²) in [5.41, 5.74) is 1.01. The van der Waals surface area contributed by atoms with Gasteiger partial charge in [0.2, 0.25) is 0 Å². The van der Waals surface area contributed by atoms with Crippen LogP contribution in [-0.4, -0.2) is 12.1 Å². The quantitative estimate of drug-likeness (QED) is 0.470. The van der Waals surface area contributed by atoms with E-state index in [9.17, 15) is 4.79 Å². The van der Waals surface area contributed by atoms with Gasteiger partial charge in [0.1, 0.15) is 11.9 Å². The zero-order valence-corrected chi connectivity index (χ0v) is 9.65. The van der Waals surface area contributed by atoms with Crippen molar-refractivity contribution in [3.63, 3.8) is 0 Å². The Bertz CT molecular complexity index is 536. The van der Waals surface area contributed by atoms with Gasteiger partial charge in [-0.3, -0.25) is 0 Å². The first-order valence-corrected chi connectivity index (χ1v) is 5.82. The van der Waals surface area contributed by atoms with Crippen LogP contribution >= 0.6 is 0 Å². The van der Waals surface area contributed by atoms with Gasteiger partial charge in [0.25, 0.3) is 0 Å². The van der Waals surface area contributed by atoms with E-state index in [0.717, 1.165) is 5.56 Å². The minimum absolute atomic E-state index is 0.164. The Kier molecular flexibility index (Phi) is 2.82. The van der Waals surface area contributed by atoms with Crippen LogP contribution in [0.15, 0.2) is 60.7 Å². The molecule has 0 saturated carbocycles. The number of esters is 1. The van der Waals surface area contributed by atoms with Crippen molar-refractivity contribution in [3.05, 3.63) is 66.2 Å². The van der Waals surface area contributed by atoms with Gasteiger partial charge in [-0.05, 0) is 17.7 Å². The monoisotopic (exact) mass is 240 g/mol. The molecule has 0 unspecified atom stereocenters. The Labute approximate surface area is 105 Å². The number of carbonyl (C=O) groups is 1. The maximum atomic E-state index is 11.8. The van der Waals surface area contributed by atoms with E-state index >= 15 is 0 Å². The number of hydrogen-bond donors (Lipinski definition) is 0. The second kappa shape index (κ2) is 4.63. The van der Waals surface area contributed by atoms with Crippen LogP contribution in [0.3, 0.4) is 0 Å². The highest BCUT2D eigenvalue weighted by Gasteiger charge is 2.47. The van der Waals surface area contributed by atoms with Gasteiger partial charge in [0.15, 0.2) is 6.10 Å². The fourth-order valence-corrected chi connectivity index (χ4v) is 1.85. The molecule has 2 aromatic carbocycles. The van der Waals surface area contributed by atoms with Crippen molar-refractivity contribution in [2.75, 3.05) is 0 Å². The van der Waals surface area contributed by atoms with Gasteiger partial charge in [0.05, 0.1) is 0 Å². The number of epoxide rings is 1. The Morgan fingerprint density at radius 3 is 2.22 bits per heavy atom. The number of carbonyl (C=O) groups excluding carboxylic acids is 1.